The number of anilines is 1. The van der Waals surface area contributed by atoms with Crippen LogP contribution in [0.5, 0.6) is 0 Å². The molecule has 1 N–H and O–H groups in total. The molecule has 0 spiro atoms. The summed E-state index contributed by atoms with van der Waals surface area (Å²) in [6.07, 6.45) is 0. The van der Waals surface area contributed by atoms with E-state index in [1.807, 2.05) is 6.07 Å². The molecule has 0 amide bonds. The van der Waals surface area contributed by atoms with Gasteiger partial charge in [-0.15, -0.1) is 0 Å². The third-order valence-electron chi connectivity index (χ3n) is 2.46. The van der Waals surface area contributed by atoms with Crippen molar-refractivity contribution < 1.29 is 0 Å². The first-order valence-corrected chi connectivity index (χ1v) is 7.54. The SMILES string of the molecule is C[SiH](Nc1ccccc1)c1ccccc1. The largest absolute Gasteiger partial charge is 0.409 e. The number of para-hydroxylation sites is 1. The summed E-state index contributed by atoms with van der Waals surface area (Å²) in [5.41, 5.74) is 1.22. The van der Waals surface area contributed by atoms with Gasteiger partial charge in [0, 0.05) is 5.69 Å². The zero-order valence-electron chi connectivity index (χ0n) is 8.85. The minimum atomic E-state index is -1.04. The van der Waals surface area contributed by atoms with Crippen molar-refractivity contribution in [3.63, 3.8) is 0 Å². The fraction of sp³-hybridized carbons (Fsp3) is 0.0769. The van der Waals surface area contributed by atoms with E-state index in [1.165, 1.54) is 10.9 Å². The van der Waals surface area contributed by atoms with Gasteiger partial charge in [-0.2, -0.15) is 0 Å². The topological polar surface area (TPSA) is 12.0 Å². The van der Waals surface area contributed by atoms with E-state index < -0.39 is 8.96 Å². The molecule has 2 rings (SSSR count). The number of benzene rings is 2. The van der Waals surface area contributed by atoms with Crippen LogP contribution >= 0.6 is 0 Å². The predicted octanol–water partition coefficient (Wildman–Crippen LogP) is 2.36. The van der Waals surface area contributed by atoms with Gasteiger partial charge in [0.15, 0.2) is 8.96 Å². The third-order valence-corrected chi connectivity index (χ3v) is 4.61. The van der Waals surface area contributed by atoms with Crippen LogP contribution < -0.4 is 10.2 Å². The Balaban J connectivity index is 2.08. The molecule has 0 saturated carbocycles. The van der Waals surface area contributed by atoms with Crippen LogP contribution in [-0.2, 0) is 0 Å². The van der Waals surface area contributed by atoms with Gasteiger partial charge in [0.25, 0.3) is 0 Å². The molecular weight excluding hydrogens is 198 g/mol. The summed E-state index contributed by atoms with van der Waals surface area (Å²) in [5.74, 6) is 0. The summed E-state index contributed by atoms with van der Waals surface area (Å²) in [6.45, 7) is 2.31. The maximum Gasteiger partial charge on any atom is 0.165 e. The van der Waals surface area contributed by atoms with Crippen LogP contribution in [0, 0.1) is 0 Å². The Labute approximate surface area is 92.5 Å². The highest BCUT2D eigenvalue weighted by atomic mass is 28.3. The van der Waals surface area contributed by atoms with Crippen molar-refractivity contribution in [1.82, 2.24) is 0 Å². The van der Waals surface area contributed by atoms with E-state index >= 15 is 0 Å². The lowest BCUT2D eigenvalue weighted by atomic mass is 10.3. The molecule has 0 aliphatic rings. The molecule has 15 heavy (non-hydrogen) atoms. The van der Waals surface area contributed by atoms with Crippen LogP contribution in [0.4, 0.5) is 5.69 Å². The van der Waals surface area contributed by atoms with Gasteiger partial charge >= 0.3 is 0 Å². The first kappa shape index (κ1) is 9.99. The average Bonchev–Trinajstić information content (AvgIpc) is 2.31. The molecule has 2 aromatic carbocycles. The van der Waals surface area contributed by atoms with Gasteiger partial charge in [-0.3, -0.25) is 0 Å². The lowest BCUT2D eigenvalue weighted by molar-refractivity contribution is 1.64. The second kappa shape index (κ2) is 4.80. The number of hydrogen-bond donors (Lipinski definition) is 1. The summed E-state index contributed by atoms with van der Waals surface area (Å²) in [7, 11) is -1.04. The Morgan fingerprint density at radius 1 is 0.800 bits per heavy atom. The standard InChI is InChI=1S/C13H15NSi/c1-15(13-10-6-3-7-11-13)14-12-8-4-2-5-9-12/h2-11,14-15H,1H3. The van der Waals surface area contributed by atoms with Crippen LogP contribution in [-0.4, -0.2) is 8.96 Å². The molecule has 0 aromatic heterocycles. The first-order chi connectivity index (χ1) is 7.36. The quantitative estimate of drug-likeness (QED) is 0.772. The van der Waals surface area contributed by atoms with E-state index in [1.54, 1.807) is 0 Å². The molecule has 1 unspecified atom stereocenters. The third kappa shape index (κ3) is 2.70. The smallest absolute Gasteiger partial charge is 0.165 e. The molecule has 0 bridgehead atoms. The van der Waals surface area contributed by atoms with Crippen molar-refractivity contribution in [3.8, 4) is 0 Å². The van der Waals surface area contributed by atoms with Crippen molar-refractivity contribution in [3.05, 3.63) is 60.7 Å². The molecule has 0 radical (unpaired) electrons. The summed E-state index contributed by atoms with van der Waals surface area (Å²) in [5, 5.41) is 1.45. The van der Waals surface area contributed by atoms with Gasteiger partial charge in [0.2, 0.25) is 0 Å². The summed E-state index contributed by atoms with van der Waals surface area (Å²) in [4.78, 5) is 3.60. The molecule has 0 saturated heterocycles. The van der Waals surface area contributed by atoms with Crippen LogP contribution in [0.3, 0.4) is 0 Å². The predicted molar refractivity (Wildman–Crippen MR) is 69.2 cm³/mol. The van der Waals surface area contributed by atoms with Gasteiger partial charge in [-0.25, -0.2) is 0 Å². The van der Waals surface area contributed by atoms with Crippen molar-refractivity contribution >= 4 is 19.8 Å². The lowest BCUT2D eigenvalue weighted by Gasteiger charge is -2.13. The zero-order valence-corrected chi connectivity index (χ0v) is 10.0. The molecule has 1 atom stereocenters. The summed E-state index contributed by atoms with van der Waals surface area (Å²) in [6, 6.07) is 21.1. The normalized spacial score (nSPS) is 12.1. The minimum Gasteiger partial charge on any atom is -0.409 e. The number of hydrogen-bond acceptors (Lipinski definition) is 1. The average molecular weight is 213 g/mol. The van der Waals surface area contributed by atoms with Crippen LogP contribution in [0.1, 0.15) is 0 Å². The van der Waals surface area contributed by atoms with Crippen molar-refractivity contribution in [1.29, 1.82) is 0 Å². The van der Waals surface area contributed by atoms with E-state index in [9.17, 15) is 0 Å². The lowest BCUT2D eigenvalue weighted by Crippen LogP contribution is -2.34. The summed E-state index contributed by atoms with van der Waals surface area (Å²) < 4.78 is 0. The second-order valence-corrected chi connectivity index (χ2v) is 6.04. The second-order valence-electron chi connectivity index (χ2n) is 3.64. The van der Waals surface area contributed by atoms with E-state index in [0.29, 0.717) is 0 Å². The Morgan fingerprint density at radius 3 is 1.93 bits per heavy atom. The number of rotatable bonds is 3. The Hall–Kier alpha value is -1.54. The first-order valence-electron chi connectivity index (χ1n) is 5.23. The highest BCUT2D eigenvalue weighted by Gasteiger charge is 2.05. The van der Waals surface area contributed by atoms with Gasteiger partial charge in [-0.05, 0) is 17.3 Å². The number of nitrogens with one attached hydrogen (secondary N) is 1. The molecule has 76 valence electrons. The van der Waals surface area contributed by atoms with Gasteiger partial charge in [0.1, 0.15) is 0 Å². The Kier molecular flexibility index (Phi) is 3.20. The van der Waals surface area contributed by atoms with Gasteiger partial charge in [-0.1, -0.05) is 55.1 Å². The van der Waals surface area contributed by atoms with Crippen LogP contribution in [0.2, 0.25) is 6.55 Å². The van der Waals surface area contributed by atoms with E-state index in [-0.39, 0.29) is 0 Å². The Morgan fingerprint density at radius 2 is 1.33 bits per heavy atom. The molecule has 1 nitrogen and oxygen atoms in total. The zero-order chi connectivity index (χ0) is 10.5. The van der Waals surface area contributed by atoms with Gasteiger partial charge < -0.3 is 4.98 Å². The molecule has 2 heteroatoms. The molecule has 2 aromatic rings. The molecule has 0 aliphatic carbocycles. The molecular formula is C13H15NSi. The molecule has 0 heterocycles. The van der Waals surface area contributed by atoms with Gasteiger partial charge in [0.05, 0.1) is 0 Å². The van der Waals surface area contributed by atoms with E-state index in [2.05, 4.69) is 66.1 Å². The van der Waals surface area contributed by atoms with Crippen molar-refractivity contribution in [2.24, 2.45) is 0 Å². The van der Waals surface area contributed by atoms with Crippen molar-refractivity contribution in [2.45, 2.75) is 6.55 Å². The van der Waals surface area contributed by atoms with Crippen LogP contribution in [0.25, 0.3) is 0 Å². The van der Waals surface area contributed by atoms with E-state index in [0.717, 1.165) is 0 Å². The molecule has 0 aliphatic heterocycles. The minimum absolute atomic E-state index is 1.04. The fourth-order valence-electron chi connectivity index (χ4n) is 1.61. The highest BCUT2D eigenvalue weighted by Crippen LogP contribution is 2.05. The summed E-state index contributed by atoms with van der Waals surface area (Å²) >= 11 is 0. The van der Waals surface area contributed by atoms with Crippen molar-refractivity contribution in [2.75, 3.05) is 4.98 Å². The maximum absolute atomic E-state index is 3.60. The Bertz CT molecular complexity index is 399. The van der Waals surface area contributed by atoms with E-state index in [4.69, 9.17) is 0 Å². The monoisotopic (exact) mass is 213 g/mol. The maximum atomic E-state index is 3.60. The highest BCUT2D eigenvalue weighted by molar-refractivity contribution is 6.74. The molecule has 0 fully saturated rings. The van der Waals surface area contributed by atoms with Crippen LogP contribution in [0.15, 0.2) is 60.7 Å². The fourth-order valence-corrected chi connectivity index (χ4v) is 3.27.